The van der Waals surface area contributed by atoms with Gasteiger partial charge in [-0.25, -0.2) is 0 Å². The molecule has 4 aromatic rings. The number of fused-ring (bicyclic) bond motifs is 2. The summed E-state index contributed by atoms with van der Waals surface area (Å²) in [6.45, 7) is 13.8. The minimum absolute atomic E-state index is 0.322. The molecule has 5 heteroatoms. The Morgan fingerprint density at radius 2 is 1.57 bits per heavy atom. The third-order valence-electron chi connectivity index (χ3n) is 6.59. The molecule has 0 fully saturated rings. The summed E-state index contributed by atoms with van der Waals surface area (Å²) < 4.78 is 9.55. The van der Waals surface area contributed by atoms with Crippen molar-refractivity contribution < 1.29 is 0 Å². The maximum atomic E-state index is 4.78. The Kier molecular flexibility index (Phi) is 4.92. The Morgan fingerprint density at radius 1 is 0.933 bits per heavy atom. The Balaban J connectivity index is 1.68. The van der Waals surface area contributed by atoms with E-state index in [-0.39, 0.29) is 0 Å². The van der Waals surface area contributed by atoms with E-state index in [1.165, 1.54) is 61.5 Å². The average molecular weight is 453 g/mol. The summed E-state index contributed by atoms with van der Waals surface area (Å²) in [7, 11) is 0. The van der Waals surface area contributed by atoms with E-state index in [0.717, 1.165) is 23.9 Å². The lowest BCUT2D eigenvalue weighted by Crippen LogP contribution is -2.30. The molecule has 0 amide bonds. The molecule has 3 heterocycles. The minimum atomic E-state index is 0.322. The molecule has 0 radical (unpaired) electrons. The zero-order valence-corrected chi connectivity index (χ0v) is 21.1. The Labute approximate surface area is 191 Å². The van der Waals surface area contributed by atoms with Crippen LogP contribution in [0.4, 0.5) is 0 Å². The number of nitrogens with zero attached hydrogens (tertiary/aromatic N) is 2. The molecule has 1 aliphatic carbocycles. The Hall–Kier alpha value is -1.56. The first kappa shape index (κ1) is 20.3. The average Bonchev–Trinajstić information content (AvgIpc) is 3.39. The van der Waals surface area contributed by atoms with Gasteiger partial charge in [-0.3, -0.25) is 0 Å². The maximum Gasteiger partial charge on any atom is 0.114 e. The van der Waals surface area contributed by atoms with Crippen molar-refractivity contribution >= 4 is 45.4 Å². The van der Waals surface area contributed by atoms with Crippen LogP contribution in [0.15, 0.2) is 12.1 Å². The minimum Gasteiger partial charge on any atom is -0.172 e. The third-order valence-corrected chi connectivity index (χ3v) is 10.4. The highest BCUT2D eigenvalue weighted by atomic mass is 32.1. The van der Waals surface area contributed by atoms with Gasteiger partial charge < -0.3 is 0 Å². The largest absolute Gasteiger partial charge is 0.172 e. The summed E-state index contributed by atoms with van der Waals surface area (Å²) in [5.74, 6) is 0. The van der Waals surface area contributed by atoms with E-state index in [1.54, 1.807) is 16.0 Å². The normalized spacial score (nSPS) is 14.9. The second-order valence-electron chi connectivity index (χ2n) is 9.11. The topological polar surface area (TPSA) is 25.8 Å². The van der Waals surface area contributed by atoms with Crippen LogP contribution in [0.1, 0.15) is 66.1 Å². The first-order valence-electron chi connectivity index (χ1n) is 10.9. The molecular weight excluding hydrogens is 424 g/mol. The molecule has 156 valence electrons. The Bertz CT molecular complexity index is 1270. The van der Waals surface area contributed by atoms with E-state index in [1.807, 2.05) is 22.7 Å². The molecule has 0 aliphatic heterocycles. The van der Waals surface area contributed by atoms with Gasteiger partial charge in [-0.15, -0.1) is 22.7 Å². The predicted molar refractivity (Wildman–Crippen MR) is 134 cm³/mol. The second kappa shape index (κ2) is 7.25. The van der Waals surface area contributed by atoms with Gasteiger partial charge in [0, 0.05) is 36.1 Å². The summed E-state index contributed by atoms with van der Waals surface area (Å²) in [5.41, 5.74) is 11.0. The molecule has 1 aromatic carbocycles. The highest BCUT2D eigenvalue weighted by Gasteiger charge is 2.39. The number of hydrogen-bond donors (Lipinski definition) is 0. The van der Waals surface area contributed by atoms with E-state index >= 15 is 0 Å². The molecule has 0 atom stereocenters. The van der Waals surface area contributed by atoms with Crippen molar-refractivity contribution in [1.29, 1.82) is 0 Å². The lowest BCUT2D eigenvalue weighted by atomic mass is 9.71. The van der Waals surface area contributed by atoms with E-state index < -0.39 is 0 Å². The van der Waals surface area contributed by atoms with Crippen molar-refractivity contribution in [3.8, 4) is 20.9 Å². The van der Waals surface area contributed by atoms with E-state index in [4.69, 9.17) is 8.75 Å². The standard InChI is InChI=1S/C25H28N2S3/c1-7-9-15-13(3)22(28-19(15)8-2)16-10-11-17(21-20(16)26-30-27-21)23-14(4)18-12-25(5,6)24(18)29-23/h10-11H,7-9,12H2,1-6H3. The molecule has 1 aliphatic rings. The molecule has 0 bridgehead atoms. The van der Waals surface area contributed by atoms with Crippen molar-refractivity contribution in [2.45, 2.75) is 72.6 Å². The van der Waals surface area contributed by atoms with Gasteiger partial charge >= 0.3 is 0 Å². The summed E-state index contributed by atoms with van der Waals surface area (Å²) >= 11 is 5.27. The van der Waals surface area contributed by atoms with Crippen molar-refractivity contribution in [3.63, 3.8) is 0 Å². The van der Waals surface area contributed by atoms with Crippen LogP contribution >= 0.6 is 34.4 Å². The molecule has 0 spiro atoms. The monoisotopic (exact) mass is 452 g/mol. The lowest BCUT2D eigenvalue weighted by molar-refractivity contribution is 0.468. The summed E-state index contributed by atoms with van der Waals surface area (Å²) in [6, 6.07) is 4.60. The van der Waals surface area contributed by atoms with E-state index in [0.29, 0.717) is 5.41 Å². The zero-order valence-electron chi connectivity index (χ0n) is 18.6. The molecule has 2 nitrogen and oxygen atoms in total. The Morgan fingerprint density at radius 3 is 2.10 bits per heavy atom. The fraction of sp³-hybridized carbons (Fsp3) is 0.440. The van der Waals surface area contributed by atoms with E-state index in [9.17, 15) is 0 Å². The number of aryl methyl sites for hydroxylation is 1. The molecule has 0 N–H and O–H groups in total. The van der Waals surface area contributed by atoms with Crippen LogP contribution in [0.2, 0.25) is 0 Å². The van der Waals surface area contributed by atoms with Crippen LogP contribution in [0.3, 0.4) is 0 Å². The molecule has 0 saturated heterocycles. The van der Waals surface area contributed by atoms with Gasteiger partial charge in [-0.1, -0.05) is 46.2 Å². The fourth-order valence-corrected chi connectivity index (χ4v) is 8.29. The quantitative estimate of drug-likeness (QED) is 0.305. The highest BCUT2D eigenvalue weighted by molar-refractivity contribution is 7.16. The first-order chi connectivity index (χ1) is 14.4. The van der Waals surface area contributed by atoms with Crippen molar-refractivity contribution in [1.82, 2.24) is 8.75 Å². The van der Waals surface area contributed by atoms with Gasteiger partial charge in [-0.05, 0) is 55.4 Å². The fourth-order valence-electron chi connectivity index (χ4n) is 4.94. The zero-order chi connectivity index (χ0) is 21.2. The van der Waals surface area contributed by atoms with Crippen LogP contribution in [-0.4, -0.2) is 8.75 Å². The predicted octanol–water partition coefficient (Wildman–Crippen LogP) is 8.11. The molecular formula is C25H28N2S3. The molecule has 0 saturated carbocycles. The SMILES string of the molecule is CCCc1c(CC)sc(-c2ccc(-c3sc4c(c3C)CC4(C)C)c3nsnc23)c1C. The van der Waals surface area contributed by atoms with Gasteiger partial charge in [-0.2, -0.15) is 8.75 Å². The van der Waals surface area contributed by atoms with Crippen LogP contribution in [0, 0.1) is 13.8 Å². The lowest BCUT2D eigenvalue weighted by Gasteiger charge is -2.35. The number of benzene rings is 1. The van der Waals surface area contributed by atoms with Crippen LogP contribution < -0.4 is 0 Å². The van der Waals surface area contributed by atoms with Gasteiger partial charge in [0.15, 0.2) is 0 Å². The van der Waals surface area contributed by atoms with Gasteiger partial charge in [0.05, 0.1) is 11.7 Å². The van der Waals surface area contributed by atoms with Crippen LogP contribution in [0.25, 0.3) is 31.9 Å². The number of hydrogen-bond acceptors (Lipinski definition) is 5. The second-order valence-corrected chi connectivity index (χ2v) is 11.8. The van der Waals surface area contributed by atoms with Gasteiger partial charge in [0.25, 0.3) is 0 Å². The van der Waals surface area contributed by atoms with Crippen molar-refractivity contribution in [2.24, 2.45) is 0 Å². The summed E-state index contributed by atoms with van der Waals surface area (Å²) in [5, 5.41) is 0. The van der Waals surface area contributed by atoms with Crippen molar-refractivity contribution in [3.05, 3.63) is 44.1 Å². The molecule has 5 rings (SSSR count). The van der Waals surface area contributed by atoms with Crippen LogP contribution in [-0.2, 0) is 24.7 Å². The maximum absolute atomic E-state index is 4.78. The van der Waals surface area contributed by atoms with Gasteiger partial charge in [0.2, 0.25) is 0 Å². The van der Waals surface area contributed by atoms with Crippen molar-refractivity contribution in [2.75, 3.05) is 0 Å². The number of thiophene rings is 2. The van der Waals surface area contributed by atoms with Gasteiger partial charge in [0.1, 0.15) is 11.0 Å². The smallest absolute Gasteiger partial charge is 0.114 e. The van der Waals surface area contributed by atoms with E-state index in [2.05, 4.69) is 53.7 Å². The molecule has 3 aromatic heterocycles. The third kappa shape index (κ3) is 2.85. The number of aromatic nitrogens is 2. The first-order valence-corrected chi connectivity index (χ1v) is 13.2. The summed E-state index contributed by atoms with van der Waals surface area (Å²) in [4.78, 5) is 5.86. The molecule has 30 heavy (non-hydrogen) atoms. The number of rotatable bonds is 5. The highest BCUT2D eigenvalue weighted by Crippen LogP contribution is 2.52. The summed E-state index contributed by atoms with van der Waals surface area (Å²) in [6.07, 6.45) is 4.65. The van der Waals surface area contributed by atoms with Crippen LogP contribution in [0.5, 0.6) is 0 Å². The molecule has 0 unspecified atom stereocenters.